The molecule has 0 saturated heterocycles. The van der Waals surface area contributed by atoms with E-state index in [-0.39, 0.29) is 11.3 Å². The zero-order valence-corrected chi connectivity index (χ0v) is 13.8. The van der Waals surface area contributed by atoms with Crippen molar-refractivity contribution in [3.05, 3.63) is 65.7 Å². The molecule has 140 valence electrons. The first-order chi connectivity index (χ1) is 12.7. The fourth-order valence-electron chi connectivity index (χ4n) is 3.13. The van der Waals surface area contributed by atoms with Crippen molar-refractivity contribution in [3.8, 4) is 16.9 Å². The first-order valence-electron chi connectivity index (χ1n) is 7.88. The van der Waals surface area contributed by atoms with Gasteiger partial charge in [0.05, 0.1) is 0 Å². The van der Waals surface area contributed by atoms with Crippen molar-refractivity contribution in [1.29, 1.82) is 0 Å². The van der Waals surface area contributed by atoms with Crippen molar-refractivity contribution in [2.45, 2.75) is 18.3 Å². The lowest BCUT2D eigenvalue weighted by Gasteiger charge is -2.30. The fraction of sp³-hybridized carbons (Fsp3) is 0.158. The van der Waals surface area contributed by atoms with Crippen molar-refractivity contribution in [3.63, 3.8) is 0 Å². The number of para-hydroxylation sites is 1. The van der Waals surface area contributed by atoms with Gasteiger partial charge >= 0.3 is 12.5 Å². The molecule has 5 nitrogen and oxygen atoms in total. The number of nitrogens with one attached hydrogen (secondary N) is 1. The van der Waals surface area contributed by atoms with Gasteiger partial charge in [0, 0.05) is 5.56 Å². The van der Waals surface area contributed by atoms with Crippen LogP contribution >= 0.6 is 0 Å². The van der Waals surface area contributed by atoms with Gasteiger partial charge < -0.3 is 15.2 Å². The van der Waals surface area contributed by atoms with E-state index in [1.165, 1.54) is 36.4 Å². The average molecular weight is 377 g/mol. The lowest BCUT2D eigenvalue weighted by molar-refractivity contribution is -0.274. The van der Waals surface area contributed by atoms with Gasteiger partial charge in [-0.2, -0.15) is 0 Å². The summed E-state index contributed by atoms with van der Waals surface area (Å²) in [7, 11) is 0. The van der Waals surface area contributed by atoms with E-state index in [1.807, 2.05) is 0 Å². The first-order valence-corrected chi connectivity index (χ1v) is 7.88. The smallest absolute Gasteiger partial charge is 0.465 e. The molecule has 0 aliphatic heterocycles. The molecule has 0 spiro atoms. The molecule has 0 unspecified atom stereocenters. The van der Waals surface area contributed by atoms with E-state index in [0.717, 1.165) is 0 Å². The van der Waals surface area contributed by atoms with E-state index < -0.39 is 18.0 Å². The highest BCUT2D eigenvalue weighted by Gasteiger charge is 2.36. The Kier molecular flexibility index (Phi) is 4.65. The van der Waals surface area contributed by atoms with E-state index in [1.54, 1.807) is 18.2 Å². The molecule has 1 atom stereocenters. The Balaban J connectivity index is 2.06. The molecule has 3 rings (SSSR count). The largest absolute Gasteiger partial charge is 0.573 e. The Labute approximate surface area is 152 Å². The van der Waals surface area contributed by atoms with Gasteiger partial charge in [-0.3, -0.25) is 4.79 Å². The minimum absolute atomic E-state index is 0.232. The van der Waals surface area contributed by atoms with Crippen molar-refractivity contribution in [2.75, 3.05) is 0 Å². The van der Waals surface area contributed by atoms with Gasteiger partial charge in [-0.25, -0.2) is 4.79 Å². The number of allylic oxidation sites excluding steroid dienone is 1. The van der Waals surface area contributed by atoms with Gasteiger partial charge in [-0.05, 0) is 29.2 Å². The van der Waals surface area contributed by atoms with Crippen LogP contribution in [0.2, 0.25) is 0 Å². The summed E-state index contributed by atoms with van der Waals surface area (Å²) in [5.74, 6) is -0.346. The number of halogens is 3. The van der Waals surface area contributed by atoms with Gasteiger partial charge in [0.15, 0.2) is 6.29 Å². The molecule has 8 heteroatoms. The number of hydrogen-bond acceptors (Lipinski definition) is 3. The molecule has 0 fully saturated rings. The third-order valence-corrected chi connectivity index (χ3v) is 4.19. The second kappa shape index (κ2) is 6.79. The van der Waals surface area contributed by atoms with Crippen LogP contribution in [0.25, 0.3) is 11.1 Å². The Hall–Kier alpha value is -3.29. The summed E-state index contributed by atoms with van der Waals surface area (Å²) in [6.45, 7) is 0. The fourth-order valence-corrected chi connectivity index (χ4v) is 3.13. The van der Waals surface area contributed by atoms with Crippen molar-refractivity contribution < 1.29 is 32.6 Å². The molecule has 0 heterocycles. The van der Waals surface area contributed by atoms with Crippen LogP contribution in [-0.2, 0) is 16.8 Å². The molecular formula is C19H14F3NO4. The van der Waals surface area contributed by atoms with Crippen LogP contribution in [0.4, 0.5) is 18.0 Å². The summed E-state index contributed by atoms with van der Waals surface area (Å²) in [6.07, 6.45) is -2.22. The van der Waals surface area contributed by atoms with Crippen LogP contribution in [0.5, 0.6) is 5.75 Å². The molecule has 27 heavy (non-hydrogen) atoms. The molecule has 0 bridgehead atoms. The van der Waals surface area contributed by atoms with Crippen molar-refractivity contribution >= 4 is 12.4 Å². The lowest BCUT2D eigenvalue weighted by atomic mass is 9.81. The second-order valence-electron chi connectivity index (χ2n) is 5.94. The van der Waals surface area contributed by atoms with Crippen LogP contribution in [0.3, 0.4) is 0 Å². The number of fused-ring (bicyclic) bond motifs is 1. The Morgan fingerprint density at radius 1 is 1.22 bits per heavy atom. The van der Waals surface area contributed by atoms with Gasteiger partial charge in [0.1, 0.15) is 11.3 Å². The number of hydrogen-bond donors (Lipinski definition) is 2. The summed E-state index contributed by atoms with van der Waals surface area (Å²) in [5.41, 5.74) is 0.215. The SMILES string of the molecule is O=C[C@]1(NC(=O)O)C=CCc2cc(-c3ccccc3OC(F)(F)F)ccc21. The minimum atomic E-state index is -4.83. The highest BCUT2D eigenvalue weighted by atomic mass is 19.4. The maximum absolute atomic E-state index is 12.6. The minimum Gasteiger partial charge on any atom is -0.465 e. The summed E-state index contributed by atoms with van der Waals surface area (Å²) in [5, 5.41) is 11.2. The zero-order valence-electron chi connectivity index (χ0n) is 13.8. The van der Waals surface area contributed by atoms with E-state index >= 15 is 0 Å². The molecule has 2 aromatic carbocycles. The number of carbonyl (C=O) groups is 2. The predicted molar refractivity (Wildman–Crippen MR) is 90.3 cm³/mol. The molecule has 0 aromatic heterocycles. The van der Waals surface area contributed by atoms with Crippen LogP contribution in [0.15, 0.2) is 54.6 Å². The van der Waals surface area contributed by atoms with E-state index in [9.17, 15) is 22.8 Å². The second-order valence-corrected chi connectivity index (χ2v) is 5.94. The number of carbonyl (C=O) groups excluding carboxylic acids is 1. The Bertz CT molecular complexity index is 923. The van der Waals surface area contributed by atoms with Crippen molar-refractivity contribution in [1.82, 2.24) is 5.32 Å². The van der Waals surface area contributed by atoms with Gasteiger partial charge in [0.25, 0.3) is 0 Å². The molecule has 2 N–H and O–H groups in total. The summed E-state index contributed by atoms with van der Waals surface area (Å²) in [6, 6.07) is 10.4. The third-order valence-electron chi connectivity index (χ3n) is 4.19. The number of ether oxygens (including phenoxy) is 1. The van der Waals surface area contributed by atoms with Crippen LogP contribution < -0.4 is 10.1 Å². The quantitative estimate of drug-likeness (QED) is 0.623. The Morgan fingerprint density at radius 2 is 1.96 bits per heavy atom. The standard InChI is InChI=1S/C19H14F3NO4/c20-19(21,22)27-16-6-2-1-5-14(16)12-7-8-15-13(10-12)4-3-9-18(15,11-24)23-17(25)26/h1-3,5-11,23H,4H2,(H,25,26)/t18-/m1/s1. The average Bonchev–Trinajstić information content (AvgIpc) is 2.60. The van der Waals surface area contributed by atoms with Crippen LogP contribution in [0, 0.1) is 0 Å². The van der Waals surface area contributed by atoms with E-state index in [0.29, 0.717) is 29.4 Å². The lowest BCUT2D eigenvalue weighted by Crippen LogP contribution is -2.46. The molecule has 0 radical (unpaired) electrons. The van der Waals surface area contributed by atoms with E-state index in [4.69, 9.17) is 5.11 Å². The molecule has 0 saturated carbocycles. The highest BCUT2D eigenvalue weighted by Crippen LogP contribution is 2.37. The van der Waals surface area contributed by atoms with Gasteiger partial charge in [-0.1, -0.05) is 48.6 Å². The number of amides is 1. The summed E-state index contributed by atoms with van der Waals surface area (Å²) in [4.78, 5) is 22.7. The van der Waals surface area contributed by atoms with E-state index in [2.05, 4.69) is 10.1 Å². The van der Waals surface area contributed by atoms with Gasteiger partial charge in [0.2, 0.25) is 0 Å². The Morgan fingerprint density at radius 3 is 2.63 bits per heavy atom. The first kappa shape index (κ1) is 18.5. The number of benzene rings is 2. The molecule has 2 aromatic rings. The number of rotatable bonds is 4. The molecule has 1 aliphatic carbocycles. The summed E-state index contributed by atoms with van der Waals surface area (Å²) >= 11 is 0. The summed E-state index contributed by atoms with van der Waals surface area (Å²) < 4.78 is 42.0. The molecule has 1 aliphatic rings. The molecular weight excluding hydrogens is 363 g/mol. The zero-order chi connectivity index (χ0) is 19.7. The van der Waals surface area contributed by atoms with Crippen LogP contribution in [-0.4, -0.2) is 23.8 Å². The van der Waals surface area contributed by atoms with Crippen LogP contribution in [0.1, 0.15) is 11.1 Å². The third kappa shape index (κ3) is 3.79. The number of alkyl halides is 3. The van der Waals surface area contributed by atoms with Gasteiger partial charge in [-0.15, -0.1) is 13.2 Å². The van der Waals surface area contributed by atoms with Crippen molar-refractivity contribution in [2.24, 2.45) is 0 Å². The predicted octanol–water partition coefficient (Wildman–Crippen LogP) is 4.03. The highest BCUT2D eigenvalue weighted by molar-refractivity contribution is 5.82. The monoisotopic (exact) mass is 377 g/mol. The molecule has 1 amide bonds. The number of aldehydes is 1. The normalized spacial score (nSPS) is 18.5. The maximum Gasteiger partial charge on any atom is 0.573 e. The topological polar surface area (TPSA) is 75.6 Å². The number of carboxylic acid groups (broad SMARTS) is 1. The maximum atomic E-state index is 12.6.